The molecule has 0 radical (unpaired) electrons. The number of carbonyl (C=O) groups excluding carboxylic acids is 2. The predicted octanol–water partition coefficient (Wildman–Crippen LogP) is 3.37. The van der Waals surface area contributed by atoms with E-state index in [-0.39, 0.29) is 23.8 Å². The monoisotopic (exact) mass is 438 g/mol. The number of rotatable bonds is 6. The second-order valence-corrected chi connectivity index (χ2v) is 9.13. The number of benzene rings is 1. The average Bonchev–Trinajstić information content (AvgIpc) is 3.05. The maximum Gasteiger partial charge on any atom is 0.259 e. The summed E-state index contributed by atoms with van der Waals surface area (Å²) in [6.07, 6.45) is 3.16. The lowest BCUT2D eigenvalue weighted by molar-refractivity contribution is -0.121. The van der Waals surface area contributed by atoms with Crippen LogP contribution in [0.15, 0.2) is 29.1 Å². The van der Waals surface area contributed by atoms with Gasteiger partial charge >= 0.3 is 0 Å². The Hall–Kier alpha value is -3.00. The molecule has 1 saturated heterocycles. The highest BCUT2D eigenvalue weighted by Gasteiger charge is 2.19. The van der Waals surface area contributed by atoms with Crippen molar-refractivity contribution in [3.63, 3.8) is 0 Å². The van der Waals surface area contributed by atoms with Crippen LogP contribution in [0.4, 0.5) is 5.69 Å². The highest BCUT2D eigenvalue weighted by atomic mass is 32.1. The summed E-state index contributed by atoms with van der Waals surface area (Å²) >= 11 is 1.50. The molecular formula is C23H26N4O3S. The van der Waals surface area contributed by atoms with Crippen LogP contribution in [0.2, 0.25) is 0 Å². The Kier molecular flexibility index (Phi) is 6.18. The van der Waals surface area contributed by atoms with Crippen molar-refractivity contribution in [2.24, 2.45) is 0 Å². The first-order chi connectivity index (χ1) is 14.9. The SMILES string of the molecule is Cc1sc2nc(CCC(=O)NCc3cccc(N4CCCCC4=O)c3)[nH]c(=O)c2c1C. The minimum absolute atomic E-state index is 0.110. The molecule has 2 N–H and O–H groups in total. The third-order valence-corrected chi connectivity index (χ3v) is 6.81. The highest BCUT2D eigenvalue weighted by Crippen LogP contribution is 2.26. The Labute approximate surface area is 184 Å². The van der Waals surface area contributed by atoms with Gasteiger partial charge in [0.05, 0.1) is 5.39 Å². The van der Waals surface area contributed by atoms with E-state index >= 15 is 0 Å². The second kappa shape index (κ2) is 9.01. The molecule has 3 heterocycles. The van der Waals surface area contributed by atoms with Gasteiger partial charge in [-0.2, -0.15) is 0 Å². The fourth-order valence-corrected chi connectivity index (χ4v) is 4.90. The number of anilines is 1. The van der Waals surface area contributed by atoms with Gasteiger partial charge in [-0.3, -0.25) is 14.4 Å². The molecule has 8 heteroatoms. The number of fused-ring (bicyclic) bond motifs is 1. The maximum atomic E-state index is 12.4. The number of aryl methyl sites for hydroxylation is 3. The van der Waals surface area contributed by atoms with Gasteiger partial charge in [0.25, 0.3) is 5.56 Å². The van der Waals surface area contributed by atoms with E-state index in [0.717, 1.165) is 45.9 Å². The molecule has 0 aliphatic carbocycles. The van der Waals surface area contributed by atoms with Crippen LogP contribution < -0.4 is 15.8 Å². The number of aromatic nitrogens is 2. The molecule has 4 rings (SSSR count). The van der Waals surface area contributed by atoms with Crippen molar-refractivity contribution < 1.29 is 9.59 Å². The number of nitrogens with zero attached hydrogens (tertiary/aromatic N) is 2. The smallest absolute Gasteiger partial charge is 0.259 e. The molecule has 162 valence electrons. The Morgan fingerprint density at radius 2 is 2.10 bits per heavy atom. The first-order valence-corrected chi connectivity index (χ1v) is 11.4. The molecule has 2 aromatic heterocycles. The van der Waals surface area contributed by atoms with Crippen molar-refractivity contribution >= 4 is 39.1 Å². The van der Waals surface area contributed by atoms with Gasteiger partial charge in [0.1, 0.15) is 10.7 Å². The van der Waals surface area contributed by atoms with Crippen molar-refractivity contribution in [3.8, 4) is 0 Å². The fourth-order valence-electron chi connectivity index (χ4n) is 3.85. The zero-order chi connectivity index (χ0) is 22.0. The molecule has 1 aromatic carbocycles. The van der Waals surface area contributed by atoms with Crippen molar-refractivity contribution in [1.29, 1.82) is 0 Å². The quantitative estimate of drug-likeness (QED) is 0.617. The van der Waals surface area contributed by atoms with Crippen LogP contribution in [-0.2, 0) is 22.6 Å². The number of carbonyl (C=O) groups is 2. The number of hydrogen-bond donors (Lipinski definition) is 2. The summed E-state index contributed by atoms with van der Waals surface area (Å²) < 4.78 is 0. The van der Waals surface area contributed by atoms with Gasteiger partial charge in [0.15, 0.2) is 0 Å². The van der Waals surface area contributed by atoms with E-state index in [1.165, 1.54) is 11.3 Å². The molecule has 0 bridgehead atoms. The third kappa shape index (κ3) is 4.69. The van der Waals surface area contributed by atoms with Crippen LogP contribution in [0.5, 0.6) is 0 Å². The summed E-state index contributed by atoms with van der Waals surface area (Å²) in [6.45, 7) is 5.04. The summed E-state index contributed by atoms with van der Waals surface area (Å²) in [5, 5.41) is 3.56. The zero-order valence-electron chi connectivity index (χ0n) is 17.8. The fraction of sp³-hybridized carbons (Fsp3) is 0.391. The predicted molar refractivity (Wildman–Crippen MR) is 123 cm³/mol. The van der Waals surface area contributed by atoms with Gasteiger partial charge < -0.3 is 15.2 Å². The lowest BCUT2D eigenvalue weighted by Gasteiger charge is -2.27. The lowest BCUT2D eigenvalue weighted by Crippen LogP contribution is -2.35. The van der Waals surface area contributed by atoms with Crippen LogP contribution >= 0.6 is 11.3 Å². The normalized spacial score (nSPS) is 14.3. The van der Waals surface area contributed by atoms with E-state index < -0.39 is 0 Å². The van der Waals surface area contributed by atoms with Crippen LogP contribution in [-0.4, -0.2) is 28.3 Å². The van der Waals surface area contributed by atoms with Gasteiger partial charge in [-0.25, -0.2) is 4.98 Å². The maximum absolute atomic E-state index is 12.4. The molecule has 0 spiro atoms. The highest BCUT2D eigenvalue weighted by molar-refractivity contribution is 7.18. The summed E-state index contributed by atoms with van der Waals surface area (Å²) in [6, 6.07) is 7.73. The van der Waals surface area contributed by atoms with E-state index in [9.17, 15) is 14.4 Å². The number of nitrogens with one attached hydrogen (secondary N) is 2. The second-order valence-electron chi connectivity index (χ2n) is 7.93. The van der Waals surface area contributed by atoms with E-state index in [2.05, 4.69) is 15.3 Å². The van der Waals surface area contributed by atoms with Crippen molar-refractivity contribution in [3.05, 3.63) is 56.4 Å². The summed E-state index contributed by atoms with van der Waals surface area (Å²) in [4.78, 5) is 47.8. The molecule has 7 nitrogen and oxygen atoms in total. The largest absolute Gasteiger partial charge is 0.352 e. The molecule has 0 atom stereocenters. The Morgan fingerprint density at radius 1 is 1.26 bits per heavy atom. The minimum Gasteiger partial charge on any atom is -0.352 e. The Morgan fingerprint density at radius 3 is 2.90 bits per heavy atom. The molecular weight excluding hydrogens is 412 g/mol. The van der Waals surface area contributed by atoms with Gasteiger partial charge in [-0.15, -0.1) is 11.3 Å². The van der Waals surface area contributed by atoms with Gasteiger partial charge in [-0.05, 0) is 49.9 Å². The van der Waals surface area contributed by atoms with E-state index in [1.54, 1.807) is 0 Å². The van der Waals surface area contributed by atoms with Crippen molar-refractivity contribution in [2.45, 2.75) is 52.5 Å². The third-order valence-electron chi connectivity index (χ3n) is 5.71. The van der Waals surface area contributed by atoms with E-state index in [0.29, 0.717) is 30.6 Å². The molecule has 31 heavy (non-hydrogen) atoms. The first kappa shape index (κ1) is 21.2. The molecule has 1 aliphatic heterocycles. The summed E-state index contributed by atoms with van der Waals surface area (Å²) in [5.41, 5.74) is 2.65. The topological polar surface area (TPSA) is 95.2 Å². The molecule has 2 amide bonds. The van der Waals surface area contributed by atoms with E-state index in [1.807, 2.05) is 43.0 Å². The number of hydrogen-bond acceptors (Lipinski definition) is 5. The van der Waals surface area contributed by atoms with Crippen LogP contribution in [0.3, 0.4) is 0 Å². The van der Waals surface area contributed by atoms with Gasteiger partial charge in [0.2, 0.25) is 11.8 Å². The molecule has 1 fully saturated rings. The van der Waals surface area contributed by atoms with E-state index in [4.69, 9.17) is 0 Å². The van der Waals surface area contributed by atoms with Crippen molar-refractivity contribution in [2.75, 3.05) is 11.4 Å². The van der Waals surface area contributed by atoms with Gasteiger partial charge in [-0.1, -0.05) is 12.1 Å². The van der Waals surface area contributed by atoms with Crippen LogP contribution in [0.25, 0.3) is 10.2 Å². The zero-order valence-corrected chi connectivity index (χ0v) is 18.6. The van der Waals surface area contributed by atoms with Crippen LogP contribution in [0.1, 0.15) is 47.5 Å². The van der Waals surface area contributed by atoms with Crippen LogP contribution in [0, 0.1) is 13.8 Å². The first-order valence-electron chi connectivity index (χ1n) is 10.6. The molecule has 1 aliphatic rings. The molecule has 3 aromatic rings. The molecule has 0 saturated carbocycles. The number of amides is 2. The number of thiophene rings is 1. The van der Waals surface area contributed by atoms with Gasteiger partial charge in [0, 0.05) is 42.9 Å². The number of H-pyrrole nitrogens is 1. The summed E-state index contributed by atoms with van der Waals surface area (Å²) in [7, 11) is 0. The standard InChI is InChI=1S/C23H26N4O3S/c1-14-15(2)31-23-21(14)22(30)25-18(26-23)9-10-19(28)24-13-16-6-5-7-17(12-16)27-11-4-3-8-20(27)29/h5-7,12H,3-4,8-11,13H2,1-2H3,(H,24,28)(H,25,26,30). The minimum atomic E-state index is -0.147. The Balaban J connectivity index is 1.35. The Bertz CT molecular complexity index is 1200. The number of aromatic amines is 1. The summed E-state index contributed by atoms with van der Waals surface area (Å²) in [5.74, 6) is 0.572. The molecule has 0 unspecified atom stereocenters. The average molecular weight is 439 g/mol. The lowest BCUT2D eigenvalue weighted by atomic mass is 10.1. The van der Waals surface area contributed by atoms with Crippen molar-refractivity contribution in [1.82, 2.24) is 15.3 Å². The number of piperidine rings is 1.